The second kappa shape index (κ2) is 18.8. The highest BCUT2D eigenvalue weighted by molar-refractivity contribution is 7.90. The molecule has 3 aliphatic heterocycles. The standard InChI is InChI=1S/C50H59ClN8O7S/c1-49(2)17-13-36(41(28-49)34-5-7-37(51)8-6-34)30-56-19-21-57(22-20-56)38-9-11-40(43(26-38)58-31-50(3,4)32-66-48-45(58)25-35-14-18-52-46(35)54-48)47(60)55-67(63,64)39-10-12-42(44(27-39)59(61)62)53-29-33-15-23-65-24-16-33/h5-12,14,18,25-27,33,53H,13,15-17,19-24,28-32H2,1-4H3,(H,52,54)(H,55,60). The van der Waals surface area contributed by atoms with Crippen LogP contribution in [0.2, 0.25) is 5.02 Å². The van der Waals surface area contributed by atoms with E-state index in [1.807, 2.05) is 41.3 Å². The minimum absolute atomic E-state index is 0.106. The number of piperazine rings is 1. The van der Waals surface area contributed by atoms with Gasteiger partial charge in [-0.3, -0.25) is 19.8 Å². The number of amides is 1. The number of sulfonamides is 1. The molecule has 15 nitrogen and oxygen atoms in total. The summed E-state index contributed by atoms with van der Waals surface area (Å²) in [7, 11) is -4.59. The molecule has 2 fully saturated rings. The SMILES string of the molecule is CC1(C)CCC(CN2CCN(c3ccc(C(=O)NS(=O)(=O)c4ccc(NCC5CCOCC5)c([N+](=O)[O-])c4)c(N4CC(C)(C)COc5nc6[nH]ccc6cc54)c3)CC2)=C(c2ccc(Cl)cc2)C1. The summed E-state index contributed by atoms with van der Waals surface area (Å²) in [6.45, 7) is 15.4. The van der Waals surface area contributed by atoms with Crippen LogP contribution in [0.3, 0.4) is 0 Å². The van der Waals surface area contributed by atoms with Crippen molar-refractivity contribution in [2.75, 3.05) is 80.8 Å². The van der Waals surface area contributed by atoms with E-state index in [2.05, 4.69) is 64.7 Å². The van der Waals surface area contributed by atoms with Gasteiger partial charge in [-0.05, 0) is 109 Å². The van der Waals surface area contributed by atoms with E-state index in [0.29, 0.717) is 55.8 Å². The third-order valence-electron chi connectivity index (χ3n) is 13.6. The van der Waals surface area contributed by atoms with E-state index >= 15 is 0 Å². The van der Waals surface area contributed by atoms with Gasteiger partial charge < -0.3 is 29.6 Å². The molecule has 5 heterocycles. The Bertz CT molecular complexity index is 2810. The Morgan fingerprint density at radius 1 is 0.955 bits per heavy atom. The first-order valence-electron chi connectivity index (χ1n) is 23.1. The van der Waals surface area contributed by atoms with E-state index in [0.717, 1.165) is 87.0 Å². The first kappa shape index (κ1) is 46.4. The van der Waals surface area contributed by atoms with Crippen LogP contribution in [0.4, 0.5) is 28.4 Å². The number of rotatable bonds is 12. The number of hydrogen-bond donors (Lipinski definition) is 3. The number of aromatic nitrogens is 2. The number of nitrogens with zero attached hydrogens (tertiary/aromatic N) is 5. The van der Waals surface area contributed by atoms with Crippen LogP contribution in [-0.4, -0.2) is 99.8 Å². The molecule has 1 amide bonds. The highest BCUT2D eigenvalue weighted by Crippen LogP contribution is 2.45. The molecule has 5 aromatic rings. The summed E-state index contributed by atoms with van der Waals surface area (Å²) in [6, 6.07) is 21.2. The van der Waals surface area contributed by atoms with Crippen LogP contribution in [0.1, 0.15) is 75.7 Å². The number of H-pyrrole nitrogens is 1. The Morgan fingerprint density at radius 2 is 1.72 bits per heavy atom. The zero-order chi connectivity index (χ0) is 47.1. The van der Waals surface area contributed by atoms with Crippen molar-refractivity contribution in [3.8, 4) is 5.88 Å². The Morgan fingerprint density at radius 3 is 2.46 bits per heavy atom. The number of halogens is 1. The lowest BCUT2D eigenvalue weighted by molar-refractivity contribution is -0.384. The molecule has 354 valence electrons. The van der Waals surface area contributed by atoms with E-state index in [1.54, 1.807) is 12.3 Å². The number of aromatic amines is 1. The van der Waals surface area contributed by atoms with E-state index in [1.165, 1.54) is 28.8 Å². The lowest BCUT2D eigenvalue weighted by Crippen LogP contribution is -2.47. The number of fused-ring (bicyclic) bond motifs is 2. The number of allylic oxidation sites excluding steroid dienone is 1. The van der Waals surface area contributed by atoms with Gasteiger partial charge in [0.05, 0.1) is 27.7 Å². The van der Waals surface area contributed by atoms with Crippen molar-refractivity contribution in [1.29, 1.82) is 0 Å². The summed E-state index contributed by atoms with van der Waals surface area (Å²) in [5.74, 6) is -0.225. The monoisotopic (exact) mass is 950 g/mol. The van der Waals surface area contributed by atoms with Gasteiger partial charge in [0.1, 0.15) is 17.0 Å². The lowest BCUT2D eigenvalue weighted by Gasteiger charge is -2.39. The number of ether oxygens (including phenoxy) is 2. The Hall–Kier alpha value is -5.68. The summed E-state index contributed by atoms with van der Waals surface area (Å²) in [5, 5.41) is 17.0. The summed E-state index contributed by atoms with van der Waals surface area (Å²) < 4.78 is 42.1. The number of carbonyl (C=O) groups excluding carboxylic acids is 1. The lowest BCUT2D eigenvalue weighted by atomic mass is 9.72. The predicted molar refractivity (Wildman–Crippen MR) is 263 cm³/mol. The van der Waals surface area contributed by atoms with Crippen LogP contribution < -0.4 is 24.6 Å². The number of anilines is 4. The fraction of sp³-hybridized carbons (Fsp3) is 0.440. The largest absolute Gasteiger partial charge is 0.475 e. The number of nitro benzene ring substituents is 1. The molecule has 2 saturated heterocycles. The number of nitrogens with one attached hydrogen (secondary N) is 3. The zero-order valence-corrected chi connectivity index (χ0v) is 40.1. The first-order chi connectivity index (χ1) is 32.0. The molecule has 3 aromatic carbocycles. The minimum atomic E-state index is -4.59. The molecule has 67 heavy (non-hydrogen) atoms. The van der Waals surface area contributed by atoms with E-state index in [-0.39, 0.29) is 22.6 Å². The van der Waals surface area contributed by atoms with Crippen molar-refractivity contribution in [2.24, 2.45) is 16.7 Å². The summed E-state index contributed by atoms with van der Waals surface area (Å²) in [4.78, 5) is 40.6. The van der Waals surface area contributed by atoms with Crippen molar-refractivity contribution in [3.63, 3.8) is 0 Å². The normalized spacial score (nSPS) is 19.1. The topological polar surface area (TPSA) is 175 Å². The van der Waals surface area contributed by atoms with Crippen LogP contribution in [0.5, 0.6) is 5.88 Å². The van der Waals surface area contributed by atoms with Crippen LogP contribution in [0, 0.1) is 26.9 Å². The number of benzene rings is 3. The van der Waals surface area contributed by atoms with Gasteiger partial charge in [0, 0.05) is 92.8 Å². The summed E-state index contributed by atoms with van der Waals surface area (Å²) in [5.41, 5.74) is 6.48. The van der Waals surface area contributed by atoms with Crippen LogP contribution in [0.15, 0.2) is 89.5 Å². The van der Waals surface area contributed by atoms with Gasteiger partial charge in [-0.1, -0.05) is 57.0 Å². The molecule has 17 heteroatoms. The van der Waals surface area contributed by atoms with E-state index in [9.17, 15) is 23.3 Å². The molecule has 1 aliphatic carbocycles. The van der Waals surface area contributed by atoms with Gasteiger partial charge in [0.25, 0.3) is 21.6 Å². The molecule has 3 N–H and O–H groups in total. The molecule has 0 saturated carbocycles. The molecule has 0 bridgehead atoms. The average molecular weight is 952 g/mol. The molecular formula is C50H59ClN8O7S. The van der Waals surface area contributed by atoms with Crippen molar-refractivity contribution in [3.05, 3.63) is 111 Å². The van der Waals surface area contributed by atoms with Crippen molar-refractivity contribution >= 4 is 72.6 Å². The second-order valence-electron chi connectivity index (χ2n) is 20.0. The molecule has 0 atom stereocenters. The maximum atomic E-state index is 14.5. The third kappa shape index (κ3) is 10.4. The molecule has 0 radical (unpaired) electrons. The first-order valence-corrected chi connectivity index (χ1v) is 25.0. The van der Waals surface area contributed by atoms with Crippen LogP contribution >= 0.6 is 11.6 Å². The van der Waals surface area contributed by atoms with Gasteiger partial charge in [0.2, 0.25) is 5.88 Å². The van der Waals surface area contributed by atoms with Crippen LogP contribution in [-0.2, 0) is 14.8 Å². The molecule has 2 aromatic heterocycles. The summed E-state index contributed by atoms with van der Waals surface area (Å²) in [6.07, 6.45) is 6.65. The van der Waals surface area contributed by atoms with Gasteiger partial charge in [0.15, 0.2) is 0 Å². The van der Waals surface area contributed by atoms with E-state index in [4.69, 9.17) is 26.1 Å². The third-order valence-corrected chi connectivity index (χ3v) is 15.2. The van der Waals surface area contributed by atoms with Gasteiger partial charge in [-0.25, -0.2) is 13.1 Å². The van der Waals surface area contributed by atoms with Crippen molar-refractivity contribution in [1.82, 2.24) is 19.6 Å². The van der Waals surface area contributed by atoms with Gasteiger partial charge >= 0.3 is 0 Å². The Balaban J connectivity index is 1.01. The molecular weight excluding hydrogens is 892 g/mol. The van der Waals surface area contributed by atoms with Gasteiger partial charge in [-0.2, -0.15) is 4.98 Å². The number of hydrogen-bond acceptors (Lipinski definition) is 12. The van der Waals surface area contributed by atoms with Crippen molar-refractivity contribution in [2.45, 2.75) is 64.7 Å². The molecule has 0 unspecified atom stereocenters. The predicted octanol–water partition coefficient (Wildman–Crippen LogP) is 9.42. The smallest absolute Gasteiger partial charge is 0.293 e. The minimum Gasteiger partial charge on any atom is -0.475 e. The quantitative estimate of drug-likeness (QED) is 0.0800. The number of pyridine rings is 1. The van der Waals surface area contributed by atoms with Gasteiger partial charge in [-0.15, -0.1) is 0 Å². The summed E-state index contributed by atoms with van der Waals surface area (Å²) >= 11 is 6.28. The highest BCUT2D eigenvalue weighted by atomic mass is 35.5. The fourth-order valence-corrected chi connectivity index (χ4v) is 10.9. The maximum absolute atomic E-state index is 14.5. The van der Waals surface area contributed by atoms with Crippen molar-refractivity contribution < 1.29 is 27.6 Å². The average Bonchev–Trinajstić information content (AvgIpc) is 3.72. The maximum Gasteiger partial charge on any atom is 0.293 e. The number of carbonyl (C=O) groups is 1. The fourth-order valence-electron chi connectivity index (χ4n) is 9.74. The Labute approximate surface area is 397 Å². The number of nitro groups is 1. The molecule has 4 aliphatic rings. The molecule has 9 rings (SSSR count). The zero-order valence-electron chi connectivity index (χ0n) is 38.6. The second-order valence-corrected chi connectivity index (χ2v) is 22.1. The Kier molecular flexibility index (Phi) is 13.0. The van der Waals surface area contributed by atoms with Crippen LogP contribution in [0.25, 0.3) is 16.6 Å². The van der Waals surface area contributed by atoms with E-state index < -0.39 is 36.9 Å². The highest BCUT2D eigenvalue weighted by Gasteiger charge is 2.35. The molecule has 0 spiro atoms.